The number of methoxy groups -OCH3 is 1. The Bertz CT molecular complexity index is 429. The second-order valence-electron chi connectivity index (χ2n) is 4.38. The van der Waals surface area contributed by atoms with Crippen molar-refractivity contribution < 1.29 is 9.47 Å². The van der Waals surface area contributed by atoms with Crippen LogP contribution in [-0.2, 0) is 16.0 Å². The van der Waals surface area contributed by atoms with Crippen LogP contribution in [0, 0.1) is 0 Å². The second-order valence-corrected chi connectivity index (χ2v) is 4.82. The van der Waals surface area contributed by atoms with E-state index >= 15 is 0 Å². The van der Waals surface area contributed by atoms with Gasteiger partial charge in [0.1, 0.15) is 10.7 Å². The zero-order valence-corrected chi connectivity index (χ0v) is 11.4. The molecular formula is C11H18N4O2S. The summed E-state index contributed by atoms with van der Waals surface area (Å²) in [5, 5.41) is 8.15. The molecule has 7 heteroatoms. The van der Waals surface area contributed by atoms with Gasteiger partial charge in [0, 0.05) is 13.7 Å². The van der Waals surface area contributed by atoms with Crippen LogP contribution in [0.25, 0.3) is 0 Å². The van der Waals surface area contributed by atoms with Gasteiger partial charge in [0.05, 0.1) is 24.4 Å². The average molecular weight is 270 g/mol. The van der Waals surface area contributed by atoms with Crippen LogP contribution >= 0.6 is 12.2 Å². The van der Waals surface area contributed by atoms with Crippen molar-refractivity contribution >= 4 is 17.2 Å². The fourth-order valence-corrected chi connectivity index (χ4v) is 2.27. The third-order valence-corrected chi connectivity index (χ3v) is 3.34. The molecule has 0 aliphatic carbocycles. The first kappa shape index (κ1) is 13.4. The maximum atomic E-state index is 5.66. The molecule has 0 amide bonds. The summed E-state index contributed by atoms with van der Waals surface area (Å²) in [5.41, 5.74) is 7.02. The lowest BCUT2D eigenvalue weighted by Crippen LogP contribution is -2.21. The van der Waals surface area contributed by atoms with Crippen LogP contribution < -0.4 is 5.73 Å². The Balaban J connectivity index is 2.25. The maximum Gasteiger partial charge on any atom is 0.145 e. The van der Waals surface area contributed by atoms with Crippen LogP contribution in [0.15, 0.2) is 0 Å². The highest BCUT2D eigenvalue weighted by molar-refractivity contribution is 7.80. The normalized spacial score (nSPS) is 21.1. The fraction of sp³-hybridized carbons (Fsp3) is 0.727. The molecule has 0 saturated carbocycles. The van der Waals surface area contributed by atoms with E-state index in [-0.39, 0.29) is 17.2 Å². The highest BCUT2D eigenvalue weighted by Crippen LogP contribution is 2.21. The number of ether oxygens (including phenoxy) is 2. The Morgan fingerprint density at radius 2 is 2.50 bits per heavy atom. The summed E-state index contributed by atoms with van der Waals surface area (Å²) < 4.78 is 12.7. The van der Waals surface area contributed by atoms with Gasteiger partial charge in [0.15, 0.2) is 0 Å². The van der Waals surface area contributed by atoms with E-state index in [9.17, 15) is 0 Å². The molecule has 0 aromatic carbocycles. The molecule has 0 radical (unpaired) electrons. The van der Waals surface area contributed by atoms with Gasteiger partial charge in [-0.15, -0.1) is 5.10 Å². The molecule has 2 N–H and O–H groups in total. The van der Waals surface area contributed by atoms with E-state index in [1.165, 1.54) is 0 Å². The Labute approximate surface area is 111 Å². The van der Waals surface area contributed by atoms with Crippen molar-refractivity contribution in [1.82, 2.24) is 15.0 Å². The third kappa shape index (κ3) is 2.68. The summed E-state index contributed by atoms with van der Waals surface area (Å²) >= 11 is 4.99. The van der Waals surface area contributed by atoms with Gasteiger partial charge < -0.3 is 15.2 Å². The molecule has 2 atom stereocenters. The molecule has 0 spiro atoms. The Morgan fingerprint density at radius 1 is 1.72 bits per heavy atom. The number of rotatable bonds is 5. The molecule has 1 aromatic rings. The molecule has 18 heavy (non-hydrogen) atoms. The first-order valence-electron chi connectivity index (χ1n) is 6.01. The van der Waals surface area contributed by atoms with Crippen LogP contribution in [0.3, 0.4) is 0 Å². The topological polar surface area (TPSA) is 75.2 Å². The van der Waals surface area contributed by atoms with E-state index in [4.69, 9.17) is 27.4 Å². The molecule has 1 aromatic heterocycles. The maximum absolute atomic E-state index is 5.66. The van der Waals surface area contributed by atoms with E-state index in [1.54, 1.807) is 11.8 Å². The van der Waals surface area contributed by atoms with Crippen molar-refractivity contribution in [3.8, 4) is 0 Å². The SMILES string of the molecule is COC(C)c1c(C(N)=S)nnn1CC1CCCO1. The number of nitrogens with zero attached hydrogens (tertiary/aromatic N) is 3. The third-order valence-electron chi connectivity index (χ3n) is 3.15. The van der Waals surface area contributed by atoms with E-state index in [0.717, 1.165) is 25.1 Å². The smallest absolute Gasteiger partial charge is 0.145 e. The monoisotopic (exact) mass is 270 g/mol. The minimum absolute atomic E-state index is 0.155. The number of nitrogens with two attached hydrogens (primary N) is 1. The van der Waals surface area contributed by atoms with Crippen LogP contribution in [0.4, 0.5) is 0 Å². The van der Waals surface area contributed by atoms with E-state index in [2.05, 4.69) is 10.3 Å². The van der Waals surface area contributed by atoms with Crippen LogP contribution in [0.5, 0.6) is 0 Å². The molecule has 6 nitrogen and oxygen atoms in total. The number of hydrogen-bond acceptors (Lipinski definition) is 5. The lowest BCUT2D eigenvalue weighted by molar-refractivity contribution is 0.0821. The summed E-state index contributed by atoms with van der Waals surface area (Å²) in [7, 11) is 1.64. The first-order valence-corrected chi connectivity index (χ1v) is 6.42. The van der Waals surface area contributed by atoms with E-state index in [1.807, 2.05) is 6.92 Å². The Kier molecular flexibility index (Phi) is 4.26. The Morgan fingerprint density at radius 3 is 3.06 bits per heavy atom. The summed E-state index contributed by atoms with van der Waals surface area (Å²) in [5.74, 6) is 0. The zero-order valence-electron chi connectivity index (χ0n) is 10.6. The quantitative estimate of drug-likeness (QED) is 0.798. The molecule has 1 fully saturated rings. The van der Waals surface area contributed by atoms with Crippen molar-refractivity contribution in [1.29, 1.82) is 0 Å². The molecule has 1 aliphatic heterocycles. The van der Waals surface area contributed by atoms with Gasteiger partial charge in [0.25, 0.3) is 0 Å². The first-order chi connectivity index (χ1) is 8.63. The van der Waals surface area contributed by atoms with E-state index in [0.29, 0.717) is 12.2 Å². The van der Waals surface area contributed by atoms with Gasteiger partial charge in [-0.05, 0) is 19.8 Å². The minimum atomic E-state index is -0.155. The molecule has 2 unspecified atom stereocenters. The van der Waals surface area contributed by atoms with Gasteiger partial charge in [-0.2, -0.15) is 0 Å². The Hall–Kier alpha value is -1.05. The van der Waals surface area contributed by atoms with Gasteiger partial charge >= 0.3 is 0 Å². The van der Waals surface area contributed by atoms with Crippen LogP contribution in [0.1, 0.15) is 37.3 Å². The lowest BCUT2D eigenvalue weighted by atomic mass is 10.2. The van der Waals surface area contributed by atoms with Crippen molar-refractivity contribution in [2.24, 2.45) is 5.73 Å². The molecule has 2 rings (SSSR count). The standard InChI is InChI=1S/C11H18N4O2S/c1-7(16-2)10-9(11(12)18)13-14-15(10)6-8-4-3-5-17-8/h7-8H,3-6H2,1-2H3,(H2,12,18). The van der Waals surface area contributed by atoms with Gasteiger partial charge in [-0.25, -0.2) is 4.68 Å². The minimum Gasteiger partial charge on any atom is -0.388 e. The van der Waals surface area contributed by atoms with Crippen molar-refractivity contribution in [3.63, 3.8) is 0 Å². The highest BCUT2D eigenvalue weighted by atomic mass is 32.1. The van der Waals surface area contributed by atoms with Gasteiger partial charge in [0.2, 0.25) is 0 Å². The molecule has 0 bridgehead atoms. The lowest BCUT2D eigenvalue weighted by Gasteiger charge is -2.15. The second kappa shape index (κ2) is 5.73. The molecule has 1 saturated heterocycles. The summed E-state index contributed by atoms with van der Waals surface area (Å²) in [4.78, 5) is 0.243. The summed E-state index contributed by atoms with van der Waals surface area (Å²) in [6.07, 6.45) is 2.17. The molecule has 100 valence electrons. The average Bonchev–Trinajstić information content (AvgIpc) is 2.97. The van der Waals surface area contributed by atoms with E-state index < -0.39 is 0 Å². The molecule has 2 heterocycles. The predicted molar refractivity (Wildman–Crippen MR) is 70.3 cm³/mol. The number of aromatic nitrogens is 3. The number of hydrogen-bond donors (Lipinski definition) is 1. The van der Waals surface area contributed by atoms with Crippen molar-refractivity contribution in [3.05, 3.63) is 11.4 Å². The fourth-order valence-electron chi connectivity index (χ4n) is 2.13. The zero-order chi connectivity index (χ0) is 13.1. The van der Waals surface area contributed by atoms with Gasteiger partial charge in [-0.3, -0.25) is 0 Å². The van der Waals surface area contributed by atoms with Crippen molar-refractivity contribution in [2.45, 2.75) is 38.5 Å². The van der Waals surface area contributed by atoms with Crippen LogP contribution in [-0.4, -0.2) is 39.8 Å². The highest BCUT2D eigenvalue weighted by Gasteiger charge is 2.24. The summed E-state index contributed by atoms with van der Waals surface area (Å²) in [6, 6.07) is 0. The molecular weight excluding hydrogens is 252 g/mol. The van der Waals surface area contributed by atoms with Crippen molar-refractivity contribution in [2.75, 3.05) is 13.7 Å². The largest absolute Gasteiger partial charge is 0.388 e. The summed E-state index contributed by atoms with van der Waals surface area (Å²) in [6.45, 7) is 3.40. The van der Waals surface area contributed by atoms with Gasteiger partial charge in [-0.1, -0.05) is 17.4 Å². The predicted octanol–water partition coefficient (Wildman–Crippen LogP) is 0.799. The molecule has 1 aliphatic rings. The number of thiocarbonyl (C=S) groups is 1. The van der Waals surface area contributed by atoms with Crippen LogP contribution in [0.2, 0.25) is 0 Å².